The molecular formula is C25H39IN6O. The molecule has 2 N–H and O–H groups in total. The number of imidazole rings is 1. The van der Waals surface area contributed by atoms with Crippen molar-refractivity contribution in [3.63, 3.8) is 0 Å². The smallest absolute Gasteiger partial charge is 0.225 e. The summed E-state index contributed by atoms with van der Waals surface area (Å²) in [6, 6.07) is 10.7. The van der Waals surface area contributed by atoms with Crippen molar-refractivity contribution in [3.8, 4) is 0 Å². The van der Waals surface area contributed by atoms with E-state index in [4.69, 9.17) is 4.99 Å². The molecule has 7 nitrogen and oxygen atoms in total. The van der Waals surface area contributed by atoms with Crippen LogP contribution >= 0.6 is 24.0 Å². The molecule has 1 aromatic heterocycles. The van der Waals surface area contributed by atoms with Crippen LogP contribution in [-0.4, -0.2) is 52.0 Å². The molecule has 3 rings (SSSR count). The van der Waals surface area contributed by atoms with Crippen LogP contribution < -0.4 is 10.6 Å². The molecule has 0 aliphatic carbocycles. The number of benzene rings is 1. The van der Waals surface area contributed by atoms with Crippen molar-refractivity contribution in [3.05, 3.63) is 54.1 Å². The van der Waals surface area contributed by atoms with Crippen molar-refractivity contribution in [2.45, 2.75) is 65.6 Å². The van der Waals surface area contributed by atoms with Crippen molar-refractivity contribution >= 4 is 35.8 Å². The predicted molar refractivity (Wildman–Crippen MR) is 145 cm³/mol. The Morgan fingerprint density at radius 1 is 1.15 bits per heavy atom. The normalized spacial score (nSPS) is 14.8. The van der Waals surface area contributed by atoms with Crippen LogP contribution in [0.1, 0.15) is 57.8 Å². The molecule has 8 heteroatoms. The highest BCUT2D eigenvalue weighted by atomic mass is 127. The second kappa shape index (κ2) is 14.2. The Bertz CT molecular complexity index is 857. The molecule has 0 spiro atoms. The molecule has 1 aliphatic heterocycles. The Balaban J connectivity index is 0.00000385. The summed E-state index contributed by atoms with van der Waals surface area (Å²) >= 11 is 0. The highest BCUT2D eigenvalue weighted by molar-refractivity contribution is 14.0. The molecule has 0 atom stereocenters. The summed E-state index contributed by atoms with van der Waals surface area (Å²) < 4.78 is 2.14. The molecular weight excluding hydrogens is 527 g/mol. The summed E-state index contributed by atoms with van der Waals surface area (Å²) in [6.07, 6.45) is 7.57. The lowest BCUT2D eigenvalue weighted by Crippen LogP contribution is -2.50. The number of aromatic nitrogens is 2. The van der Waals surface area contributed by atoms with Gasteiger partial charge in [-0.1, -0.05) is 44.2 Å². The van der Waals surface area contributed by atoms with E-state index >= 15 is 0 Å². The van der Waals surface area contributed by atoms with E-state index in [1.165, 1.54) is 5.56 Å². The van der Waals surface area contributed by atoms with E-state index in [2.05, 4.69) is 65.2 Å². The average Bonchev–Trinajstić information content (AvgIpc) is 3.26. The first-order valence-corrected chi connectivity index (χ1v) is 12.0. The van der Waals surface area contributed by atoms with Gasteiger partial charge in [-0.05, 0) is 38.2 Å². The first kappa shape index (κ1) is 27.1. The zero-order chi connectivity index (χ0) is 22.8. The molecule has 0 unspecified atom stereocenters. The third kappa shape index (κ3) is 8.01. The van der Waals surface area contributed by atoms with Crippen LogP contribution in [0.15, 0.2) is 47.7 Å². The maximum Gasteiger partial charge on any atom is 0.225 e. The minimum atomic E-state index is 0. The van der Waals surface area contributed by atoms with Gasteiger partial charge in [0.1, 0.15) is 12.4 Å². The number of likely N-dealkylation sites (tertiary alicyclic amines) is 1. The lowest BCUT2D eigenvalue weighted by Gasteiger charge is -2.34. The Hall–Kier alpha value is -2.10. The molecule has 1 fully saturated rings. The molecule has 1 saturated heterocycles. The third-order valence-electron chi connectivity index (χ3n) is 6.20. The molecule has 1 amide bonds. The number of carbonyl (C=O) groups excluding carboxylic acids is 1. The summed E-state index contributed by atoms with van der Waals surface area (Å²) in [6.45, 7) is 10.0. The highest BCUT2D eigenvalue weighted by Crippen LogP contribution is 2.17. The SMILES string of the molecule is CCNC(=NCc1nccn1Cc1ccccc1)NC1CCN(C(=O)C(CC)CC)CC1.I. The monoisotopic (exact) mass is 566 g/mol. The number of carbonyl (C=O) groups is 1. The van der Waals surface area contributed by atoms with E-state index in [1.54, 1.807) is 0 Å². The van der Waals surface area contributed by atoms with Crippen molar-refractivity contribution in [1.29, 1.82) is 0 Å². The van der Waals surface area contributed by atoms with E-state index in [-0.39, 0.29) is 29.9 Å². The lowest BCUT2D eigenvalue weighted by molar-refractivity contribution is -0.136. The van der Waals surface area contributed by atoms with Crippen molar-refractivity contribution < 1.29 is 4.79 Å². The number of rotatable bonds is 9. The summed E-state index contributed by atoms with van der Waals surface area (Å²) in [5.41, 5.74) is 1.25. The van der Waals surface area contributed by atoms with Gasteiger partial charge in [0.25, 0.3) is 0 Å². The first-order valence-electron chi connectivity index (χ1n) is 12.0. The Kier molecular flexibility index (Phi) is 11.7. The number of aliphatic imine (C=N–C) groups is 1. The van der Waals surface area contributed by atoms with Gasteiger partial charge in [-0.15, -0.1) is 24.0 Å². The standard InChI is InChI=1S/C25H38N6O.HI/c1-4-21(5-2)24(32)30-15-12-22(13-16-30)29-25(26-6-3)28-18-23-27-14-17-31(23)19-20-10-8-7-9-11-20;/h7-11,14,17,21-22H,4-6,12-13,15-16,18-19H2,1-3H3,(H2,26,28,29);1H. The second-order valence-corrected chi connectivity index (χ2v) is 8.41. The van der Waals surface area contributed by atoms with Gasteiger partial charge in [0.2, 0.25) is 5.91 Å². The van der Waals surface area contributed by atoms with E-state index in [9.17, 15) is 4.79 Å². The number of guanidine groups is 1. The van der Waals surface area contributed by atoms with Gasteiger partial charge in [0, 0.05) is 50.5 Å². The zero-order valence-electron chi connectivity index (χ0n) is 20.2. The lowest BCUT2D eigenvalue weighted by atomic mass is 9.98. The van der Waals surface area contributed by atoms with Crippen molar-refractivity contribution in [1.82, 2.24) is 25.1 Å². The Labute approximate surface area is 215 Å². The van der Waals surface area contributed by atoms with Gasteiger partial charge in [0.05, 0.1) is 0 Å². The van der Waals surface area contributed by atoms with Crippen LogP contribution in [0, 0.1) is 5.92 Å². The van der Waals surface area contributed by atoms with Crippen LogP contribution in [0.25, 0.3) is 0 Å². The summed E-state index contributed by atoms with van der Waals surface area (Å²) in [5, 5.41) is 6.92. The molecule has 2 heterocycles. The number of hydrogen-bond acceptors (Lipinski definition) is 3. The third-order valence-corrected chi connectivity index (χ3v) is 6.20. The van der Waals surface area contributed by atoms with E-state index in [1.807, 2.05) is 23.4 Å². The molecule has 2 aromatic rings. The molecule has 182 valence electrons. The first-order chi connectivity index (χ1) is 15.6. The number of hydrogen-bond donors (Lipinski definition) is 2. The van der Waals surface area contributed by atoms with Crippen molar-refractivity contribution in [2.24, 2.45) is 10.9 Å². The number of piperidine rings is 1. The van der Waals surface area contributed by atoms with Crippen LogP contribution in [0.5, 0.6) is 0 Å². The number of nitrogens with one attached hydrogen (secondary N) is 2. The van der Waals surface area contributed by atoms with E-state index in [0.29, 0.717) is 18.5 Å². The molecule has 1 aromatic carbocycles. The highest BCUT2D eigenvalue weighted by Gasteiger charge is 2.26. The van der Waals surface area contributed by atoms with Gasteiger partial charge >= 0.3 is 0 Å². The van der Waals surface area contributed by atoms with Gasteiger partial charge in [-0.2, -0.15) is 0 Å². The summed E-state index contributed by atoms with van der Waals surface area (Å²) in [4.78, 5) is 24.0. The van der Waals surface area contributed by atoms with Gasteiger partial charge < -0.3 is 20.1 Å². The second-order valence-electron chi connectivity index (χ2n) is 8.41. The Morgan fingerprint density at radius 3 is 2.48 bits per heavy atom. The van der Waals surface area contributed by atoms with Crippen LogP contribution in [-0.2, 0) is 17.9 Å². The number of halogens is 1. The fourth-order valence-electron chi connectivity index (χ4n) is 4.22. The summed E-state index contributed by atoms with van der Waals surface area (Å²) in [7, 11) is 0. The van der Waals surface area contributed by atoms with Crippen LogP contribution in [0.2, 0.25) is 0 Å². The fraction of sp³-hybridized carbons (Fsp3) is 0.560. The predicted octanol–water partition coefficient (Wildman–Crippen LogP) is 4.03. The topological polar surface area (TPSA) is 74.6 Å². The minimum absolute atomic E-state index is 0. The maximum atomic E-state index is 12.6. The van der Waals surface area contributed by atoms with Gasteiger partial charge in [-0.25, -0.2) is 9.98 Å². The zero-order valence-corrected chi connectivity index (χ0v) is 22.5. The van der Waals surface area contributed by atoms with E-state index in [0.717, 1.165) is 63.6 Å². The number of amides is 1. The average molecular weight is 567 g/mol. The van der Waals surface area contributed by atoms with Gasteiger partial charge in [-0.3, -0.25) is 4.79 Å². The van der Waals surface area contributed by atoms with Crippen LogP contribution in [0.4, 0.5) is 0 Å². The largest absolute Gasteiger partial charge is 0.357 e. The molecule has 33 heavy (non-hydrogen) atoms. The van der Waals surface area contributed by atoms with Crippen molar-refractivity contribution in [2.75, 3.05) is 19.6 Å². The molecule has 1 aliphatic rings. The van der Waals surface area contributed by atoms with E-state index < -0.39 is 0 Å². The quantitative estimate of drug-likeness (QED) is 0.273. The molecule has 0 saturated carbocycles. The van der Waals surface area contributed by atoms with Crippen LogP contribution in [0.3, 0.4) is 0 Å². The number of nitrogens with zero attached hydrogens (tertiary/aromatic N) is 4. The molecule has 0 radical (unpaired) electrons. The van der Waals surface area contributed by atoms with Gasteiger partial charge in [0.15, 0.2) is 5.96 Å². The maximum absolute atomic E-state index is 12.6. The summed E-state index contributed by atoms with van der Waals surface area (Å²) in [5.74, 6) is 2.24. The molecule has 0 bridgehead atoms. The Morgan fingerprint density at radius 2 is 1.85 bits per heavy atom. The fourth-order valence-corrected chi connectivity index (χ4v) is 4.22. The minimum Gasteiger partial charge on any atom is -0.357 e.